The van der Waals surface area contributed by atoms with E-state index in [-0.39, 0.29) is 11.8 Å². The standard InChI is InChI=1S/C19H22N8O3S/c1-31(29,30)25-16-6-2-5-15(10-16)22-19(28)14-4-3-9-26(11-14)17-7-8-18(24-23-17)27-13-20-12-21-27/h2,5-8,10,12-14,25H,3-4,9,11H2,1H3,(H,22,28)/t14-/m1/s1. The molecule has 1 aliphatic heterocycles. The molecule has 0 unspecified atom stereocenters. The number of carbonyl (C=O) groups excluding carboxylic acids is 1. The van der Waals surface area contributed by atoms with E-state index in [1.165, 1.54) is 11.0 Å². The Balaban J connectivity index is 1.40. The highest BCUT2D eigenvalue weighted by Crippen LogP contribution is 2.24. The van der Waals surface area contributed by atoms with Crippen LogP contribution in [0.25, 0.3) is 5.82 Å². The number of sulfonamides is 1. The summed E-state index contributed by atoms with van der Waals surface area (Å²) >= 11 is 0. The molecule has 0 radical (unpaired) electrons. The number of benzene rings is 1. The second kappa shape index (κ2) is 8.68. The molecule has 0 spiro atoms. The first-order valence-electron chi connectivity index (χ1n) is 9.70. The number of hydrogen-bond donors (Lipinski definition) is 2. The van der Waals surface area contributed by atoms with Crippen molar-refractivity contribution >= 4 is 33.1 Å². The van der Waals surface area contributed by atoms with Gasteiger partial charge in [-0.3, -0.25) is 9.52 Å². The van der Waals surface area contributed by atoms with Crippen LogP contribution in [0.5, 0.6) is 0 Å². The van der Waals surface area contributed by atoms with E-state index in [1.54, 1.807) is 36.7 Å². The van der Waals surface area contributed by atoms with Gasteiger partial charge in [-0.15, -0.1) is 10.2 Å². The summed E-state index contributed by atoms with van der Waals surface area (Å²) in [6, 6.07) is 10.3. The fourth-order valence-electron chi connectivity index (χ4n) is 3.45. The van der Waals surface area contributed by atoms with Crippen LogP contribution >= 0.6 is 0 Å². The molecule has 12 heteroatoms. The van der Waals surface area contributed by atoms with Gasteiger partial charge in [-0.05, 0) is 43.2 Å². The fraction of sp³-hybridized carbons (Fsp3) is 0.316. The number of nitrogens with one attached hydrogen (secondary N) is 2. The minimum Gasteiger partial charge on any atom is -0.354 e. The molecule has 0 saturated carbocycles. The van der Waals surface area contributed by atoms with Gasteiger partial charge in [0.1, 0.15) is 12.7 Å². The van der Waals surface area contributed by atoms with Gasteiger partial charge in [-0.25, -0.2) is 18.1 Å². The maximum atomic E-state index is 12.8. The van der Waals surface area contributed by atoms with E-state index in [1.807, 2.05) is 11.0 Å². The van der Waals surface area contributed by atoms with Crippen LogP contribution in [0.1, 0.15) is 12.8 Å². The summed E-state index contributed by atoms with van der Waals surface area (Å²) in [7, 11) is -3.39. The summed E-state index contributed by atoms with van der Waals surface area (Å²) in [5.74, 6) is 0.918. The molecule has 4 rings (SSSR count). The van der Waals surface area contributed by atoms with E-state index >= 15 is 0 Å². The van der Waals surface area contributed by atoms with Crippen LogP contribution in [-0.2, 0) is 14.8 Å². The van der Waals surface area contributed by atoms with Crippen molar-refractivity contribution in [2.75, 3.05) is 34.3 Å². The first-order valence-corrected chi connectivity index (χ1v) is 11.6. The minimum absolute atomic E-state index is 0.117. The fourth-order valence-corrected chi connectivity index (χ4v) is 4.01. The van der Waals surface area contributed by atoms with Crippen LogP contribution in [0.2, 0.25) is 0 Å². The third kappa shape index (κ3) is 5.34. The molecule has 1 atom stereocenters. The molecular weight excluding hydrogens is 420 g/mol. The van der Waals surface area contributed by atoms with Crippen molar-refractivity contribution in [2.24, 2.45) is 5.92 Å². The summed E-state index contributed by atoms with van der Waals surface area (Å²) in [5, 5.41) is 15.4. The maximum Gasteiger partial charge on any atom is 0.229 e. The molecule has 1 aliphatic rings. The van der Waals surface area contributed by atoms with Crippen molar-refractivity contribution < 1.29 is 13.2 Å². The Labute approximate surface area is 179 Å². The first kappa shape index (κ1) is 20.7. The Morgan fingerprint density at radius 1 is 1.13 bits per heavy atom. The molecule has 1 aromatic carbocycles. The van der Waals surface area contributed by atoms with Crippen LogP contribution in [0, 0.1) is 5.92 Å². The Morgan fingerprint density at radius 3 is 2.61 bits per heavy atom. The Kier molecular flexibility index (Phi) is 5.80. The number of anilines is 3. The highest BCUT2D eigenvalue weighted by Gasteiger charge is 2.27. The minimum atomic E-state index is -3.39. The zero-order chi connectivity index (χ0) is 21.8. The van der Waals surface area contributed by atoms with Gasteiger partial charge in [-0.2, -0.15) is 5.10 Å². The summed E-state index contributed by atoms with van der Waals surface area (Å²) in [4.78, 5) is 18.7. The molecule has 3 aromatic rings. The van der Waals surface area contributed by atoms with Crippen molar-refractivity contribution in [1.82, 2.24) is 25.0 Å². The van der Waals surface area contributed by atoms with Crippen LogP contribution < -0.4 is 14.9 Å². The van der Waals surface area contributed by atoms with Gasteiger partial charge in [0, 0.05) is 18.8 Å². The van der Waals surface area contributed by atoms with E-state index in [0.29, 0.717) is 29.6 Å². The van der Waals surface area contributed by atoms with Gasteiger partial charge in [0.15, 0.2) is 11.6 Å². The third-order valence-corrected chi connectivity index (χ3v) is 5.45. The Hall–Kier alpha value is -3.54. The predicted molar refractivity (Wildman–Crippen MR) is 115 cm³/mol. The van der Waals surface area contributed by atoms with Gasteiger partial charge < -0.3 is 10.2 Å². The van der Waals surface area contributed by atoms with Gasteiger partial charge in [0.05, 0.1) is 17.9 Å². The molecule has 2 aromatic heterocycles. The molecule has 3 heterocycles. The van der Waals surface area contributed by atoms with Gasteiger partial charge >= 0.3 is 0 Å². The second-order valence-electron chi connectivity index (χ2n) is 7.32. The predicted octanol–water partition coefficient (Wildman–Crippen LogP) is 1.28. The van der Waals surface area contributed by atoms with Crippen LogP contribution in [0.15, 0.2) is 49.1 Å². The smallest absolute Gasteiger partial charge is 0.229 e. The molecule has 1 fully saturated rings. The average Bonchev–Trinajstić information content (AvgIpc) is 3.28. The number of rotatable bonds is 6. The summed E-state index contributed by atoms with van der Waals surface area (Å²) in [5.41, 5.74) is 0.932. The monoisotopic (exact) mass is 442 g/mol. The van der Waals surface area contributed by atoms with Crippen molar-refractivity contribution in [3.05, 3.63) is 49.1 Å². The lowest BCUT2D eigenvalue weighted by atomic mass is 9.97. The highest BCUT2D eigenvalue weighted by atomic mass is 32.2. The molecule has 11 nitrogen and oxygen atoms in total. The number of piperidine rings is 1. The lowest BCUT2D eigenvalue weighted by molar-refractivity contribution is -0.120. The van der Waals surface area contributed by atoms with Crippen molar-refractivity contribution in [3.8, 4) is 5.82 Å². The number of aromatic nitrogens is 5. The molecule has 0 bridgehead atoms. The maximum absolute atomic E-state index is 12.8. The second-order valence-corrected chi connectivity index (χ2v) is 9.07. The molecule has 1 amide bonds. The van der Waals surface area contributed by atoms with E-state index < -0.39 is 10.0 Å². The van der Waals surface area contributed by atoms with Crippen LogP contribution in [0.3, 0.4) is 0 Å². The van der Waals surface area contributed by atoms with Crippen LogP contribution in [-0.4, -0.2) is 58.6 Å². The number of carbonyl (C=O) groups is 1. The van der Waals surface area contributed by atoms with Gasteiger partial charge in [0.2, 0.25) is 15.9 Å². The topological polar surface area (TPSA) is 135 Å². The largest absolute Gasteiger partial charge is 0.354 e. The van der Waals surface area contributed by atoms with Crippen LogP contribution in [0.4, 0.5) is 17.2 Å². The molecule has 2 N–H and O–H groups in total. The third-order valence-electron chi connectivity index (χ3n) is 4.84. The Bertz CT molecular complexity index is 1150. The first-order chi connectivity index (χ1) is 14.9. The molecule has 162 valence electrons. The molecule has 0 aliphatic carbocycles. The summed E-state index contributed by atoms with van der Waals surface area (Å²) < 4.78 is 26.8. The van der Waals surface area contributed by atoms with E-state index in [9.17, 15) is 13.2 Å². The molecular formula is C19H22N8O3S. The number of amides is 1. The number of nitrogens with zero attached hydrogens (tertiary/aromatic N) is 6. The van der Waals surface area contributed by atoms with E-state index in [2.05, 4.69) is 30.3 Å². The quantitative estimate of drug-likeness (QED) is 0.583. The van der Waals surface area contributed by atoms with Crippen molar-refractivity contribution in [1.29, 1.82) is 0 Å². The zero-order valence-electron chi connectivity index (χ0n) is 16.8. The lowest BCUT2D eigenvalue weighted by Gasteiger charge is -2.32. The average molecular weight is 443 g/mol. The van der Waals surface area contributed by atoms with Crippen molar-refractivity contribution in [2.45, 2.75) is 12.8 Å². The molecule has 1 saturated heterocycles. The van der Waals surface area contributed by atoms with Crippen molar-refractivity contribution in [3.63, 3.8) is 0 Å². The normalized spacial score (nSPS) is 16.7. The van der Waals surface area contributed by atoms with E-state index in [0.717, 1.165) is 25.6 Å². The zero-order valence-corrected chi connectivity index (χ0v) is 17.7. The van der Waals surface area contributed by atoms with Gasteiger partial charge in [0.25, 0.3) is 0 Å². The van der Waals surface area contributed by atoms with E-state index in [4.69, 9.17) is 0 Å². The SMILES string of the molecule is CS(=O)(=O)Nc1cccc(NC(=O)[C@@H]2CCCN(c3ccc(-n4cncn4)nn3)C2)c1. The number of hydrogen-bond acceptors (Lipinski definition) is 8. The highest BCUT2D eigenvalue weighted by molar-refractivity contribution is 7.92. The van der Waals surface area contributed by atoms with Gasteiger partial charge in [-0.1, -0.05) is 6.07 Å². The Morgan fingerprint density at radius 2 is 1.90 bits per heavy atom. The molecule has 31 heavy (non-hydrogen) atoms. The summed E-state index contributed by atoms with van der Waals surface area (Å²) in [6.45, 7) is 1.30. The lowest BCUT2D eigenvalue weighted by Crippen LogP contribution is -2.41. The summed E-state index contributed by atoms with van der Waals surface area (Å²) in [6.07, 6.45) is 5.66.